The van der Waals surface area contributed by atoms with Crippen LogP contribution < -0.4 is 5.32 Å². The first-order valence-electron chi connectivity index (χ1n) is 6.35. The van der Waals surface area contributed by atoms with Gasteiger partial charge in [0.15, 0.2) is 0 Å². The van der Waals surface area contributed by atoms with Crippen molar-refractivity contribution in [2.45, 2.75) is 26.2 Å². The molecule has 0 spiro atoms. The highest BCUT2D eigenvalue weighted by Gasteiger charge is 2.20. The van der Waals surface area contributed by atoms with Crippen LogP contribution in [0.3, 0.4) is 0 Å². The number of rotatable bonds is 4. The number of hydrogen-bond acceptors (Lipinski definition) is 2. The fourth-order valence-electron chi connectivity index (χ4n) is 2.26. The molecule has 0 heterocycles. The van der Waals surface area contributed by atoms with Gasteiger partial charge >= 0.3 is 0 Å². The highest BCUT2D eigenvalue weighted by Crippen LogP contribution is 2.26. The maximum absolute atomic E-state index is 8.87. The van der Waals surface area contributed by atoms with Crippen LogP contribution in [0.1, 0.15) is 25.0 Å². The average Bonchev–Trinajstić information content (AvgIpc) is 2.35. The Morgan fingerprint density at radius 2 is 1.72 bits per heavy atom. The van der Waals surface area contributed by atoms with Crippen LogP contribution in [-0.4, -0.2) is 18.4 Å². The van der Waals surface area contributed by atoms with Crippen molar-refractivity contribution < 1.29 is 5.11 Å². The normalized spacial score (nSPS) is 12.0. The maximum atomic E-state index is 8.87. The molecule has 0 atom stereocenters. The van der Waals surface area contributed by atoms with Crippen LogP contribution in [0.5, 0.6) is 0 Å². The van der Waals surface area contributed by atoms with Gasteiger partial charge in [0, 0.05) is 12.0 Å². The second-order valence-corrected chi connectivity index (χ2v) is 5.53. The zero-order chi connectivity index (χ0) is 13.2. The van der Waals surface area contributed by atoms with Crippen molar-refractivity contribution in [1.29, 1.82) is 0 Å². The van der Waals surface area contributed by atoms with Crippen molar-refractivity contribution in [3.05, 3.63) is 47.5 Å². The largest absolute Gasteiger partial charge is 0.381 e. The maximum Gasteiger partial charge on any atom is 0.0931 e. The minimum Gasteiger partial charge on any atom is -0.381 e. The number of aliphatic hydroxyl groups is 1. The Morgan fingerprint density at radius 3 is 2.44 bits per heavy atom. The smallest absolute Gasteiger partial charge is 0.0931 e. The van der Waals surface area contributed by atoms with Crippen LogP contribution >= 0.6 is 0 Å². The number of nitrogens with one attached hydrogen (secondary N) is 1. The van der Waals surface area contributed by atoms with E-state index in [1.165, 1.54) is 21.9 Å². The van der Waals surface area contributed by atoms with E-state index in [1.54, 1.807) is 0 Å². The second kappa shape index (κ2) is 5.09. The summed E-state index contributed by atoms with van der Waals surface area (Å²) >= 11 is 0. The van der Waals surface area contributed by atoms with E-state index in [9.17, 15) is 0 Å². The number of aliphatic hydroxyl groups excluding tert-OH is 1. The molecular weight excluding hydrogens is 222 g/mol. The molecule has 0 unspecified atom stereocenters. The Labute approximate surface area is 109 Å². The highest BCUT2D eigenvalue weighted by atomic mass is 16.3. The lowest BCUT2D eigenvalue weighted by atomic mass is 9.83. The fourth-order valence-corrected chi connectivity index (χ4v) is 2.26. The van der Waals surface area contributed by atoms with E-state index < -0.39 is 0 Å². The number of hydrogen-bond donors (Lipinski definition) is 2. The monoisotopic (exact) mass is 243 g/mol. The second-order valence-electron chi connectivity index (χ2n) is 5.53. The van der Waals surface area contributed by atoms with Gasteiger partial charge in [-0.05, 0) is 23.3 Å². The predicted molar refractivity (Wildman–Crippen MR) is 76.8 cm³/mol. The molecule has 2 nitrogen and oxygen atoms in total. The van der Waals surface area contributed by atoms with Gasteiger partial charge < -0.3 is 5.11 Å². The highest BCUT2D eigenvalue weighted by molar-refractivity contribution is 5.84. The third-order valence-corrected chi connectivity index (χ3v) is 3.46. The summed E-state index contributed by atoms with van der Waals surface area (Å²) in [5.74, 6) is 0. The van der Waals surface area contributed by atoms with Crippen molar-refractivity contribution in [3.63, 3.8) is 0 Å². The first kappa shape index (κ1) is 13.1. The van der Waals surface area contributed by atoms with Gasteiger partial charge in [0.1, 0.15) is 0 Å². The minimum atomic E-state index is 0.0157. The van der Waals surface area contributed by atoms with Crippen LogP contribution in [0.4, 0.5) is 0 Å². The van der Waals surface area contributed by atoms with Crippen molar-refractivity contribution >= 4 is 10.8 Å². The summed E-state index contributed by atoms with van der Waals surface area (Å²) in [6, 6.07) is 13.1. The zero-order valence-corrected chi connectivity index (χ0v) is 11.3. The van der Waals surface area contributed by atoms with Crippen LogP contribution in [0, 0.1) is 6.92 Å². The molecule has 0 aliphatic carbocycles. The van der Waals surface area contributed by atoms with Gasteiger partial charge in [0.05, 0.1) is 6.73 Å². The van der Waals surface area contributed by atoms with Gasteiger partial charge in [0.2, 0.25) is 0 Å². The molecule has 2 rings (SSSR count). The first-order chi connectivity index (χ1) is 8.53. The van der Waals surface area contributed by atoms with E-state index in [0.29, 0.717) is 0 Å². The summed E-state index contributed by atoms with van der Waals surface area (Å²) in [4.78, 5) is 0. The van der Waals surface area contributed by atoms with Gasteiger partial charge in [-0.1, -0.05) is 55.8 Å². The molecule has 0 saturated carbocycles. The Balaban J connectivity index is 2.37. The lowest BCUT2D eigenvalue weighted by Gasteiger charge is -2.25. The van der Waals surface area contributed by atoms with Gasteiger partial charge in [-0.3, -0.25) is 5.32 Å². The topological polar surface area (TPSA) is 32.3 Å². The molecule has 0 saturated heterocycles. The van der Waals surface area contributed by atoms with E-state index in [0.717, 1.165) is 6.54 Å². The molecule has 0 aliphatic rings. The summed E-state index contributed by atoms with van der Waals surface area (Å²) < 4.78 is 0. The molecule has 0 aliphatic heterocycles. The van der Waals surface area contributed by atoms with Gasteiger partial charge in [0.25, 0.3) is 0 Å². The fraction of sp³-hybridized carbons (Fsp3) is 0.375. The van der Waals surface area contributed by atoms with Crippen molar-refractivity contribution in [2.75, 3.05) is 13.3 Å². The number of aryl methyl sites for hydroxylation is 1. The van der Waals surface area contributed by atoms with E-state index in [4.69, 9.17) is 5.11 Å². The van der Waals surface area contributed by atoms with Gasteiger partial charge in [-0.15, -0.1) is 0 Å². The van der Waals surface area contributed by atoms with Crippen molar-refractivity contribution in [2.24, 2.45) is 0 Å². The van der Waals surface area contributed by atoms with E-state index in [2.05, 4.69) is 62.5 Å². The van der Waals surface area contributed by atoms with Crippen LogP contribution in [0.25, 0.3) is 10.8 Å². The van der Waals surface area contributed by atoms with Crippen LogP contribution in [0.15, 0.2) is 36.4 Å². The molecule has 0 aromatic heterocycles. The lowest BCUT2D eigenvalue weighted by molar-refractivity contribution is 0.248. The molecule has 96 valence electrons. The van der Waals surface area contributed by atoms with E-state index in [-0.39, 0.29) is 12.1 Å². The summed E-state index contributed by atoms with van der Waals surface area (Å²) in [6.45, 7) is 7.27. The van der Waals surface area contributed by atoms with Crippen LogP contribution in [-0.2, 0) is 5.41 Å². The molecule has 2 N–H and O–H groups in total. The molecule has 2 heteroatoms. The quantitative estimate of drug-likeness (QED) is 0.809. The Kier molecular flexibility index (Phi) is 3.69. The average molecular weight is 243 g/mol. The Morgan fingerprint density at radius 1 is 1.06 bits per heavy atom. The molecule has 0 radical (unpaired) electrons. The van der Waals surface area contributed by atoms with E-state index in [1.807, 2.05) is 0 Å². The molecular formula is C16H21NO. The lowest BCUT2D eigenvalue weighted by Crippen LogP contribution is -2.33. The summed E-state index contributed by atoms with van der Waals surface area (Å²) in [5, 5.41) is 14.4. The Hall–Kier alpha value is -1.38. The van der Waals surface area contributed by atoms with Crippen molar-refractivity contribution in [1.82, 2.24) is 5.32 Å². The Bertz CT molecular complexity index is 546. The molecule has 0 fully saturated rings. The minimum absolute atomic E-state index is 0.0157. The molecule has 0 bridgehead atoms. The predicted octanol–water partition coefficient (Wildman–Crippen LogP) is 2.97. The van der Waals surface area contributed by atoms with Crippen LogP contribution in [0.2, 0.25) is 0 Å². The summed E-state index contributed by atoms with van der Waals surface area (Å²) in [5.41, 5.74) is 2.60. The summed E-state index contributed by atoms with van der Waals surface area (Å²) in [7, 11) is 0. The summed E-state index contributed by atoms with van der Waals surface area (Å²) in [6.07, 6.45) is 0. The molecule has 18 heavy (non-hydrogen) atoms. The third kappa shape index (κ3) is 2.71. The first-order valence-corrected chi connectivity index (χ1v) is 6.35. The molecule has 2 aromatic carbocycles. The van der Waals surface area contributed by atoms with Gasteiger partial charge in [-0.25, -0.2) is 0 Å². The molecule has 0 amide bonds. The zero-order valence-electron chi connectivity index (χ0n) is 11.3. The third-order valence-electron chi connectivity index (χ3n) is 3.46. The standard InChI is InChI=1S/C16H21NO/c1-12-4-5-14-9-15(7-6-13(14)8-12)16(2,3)10-17-11-18/h4-9,17-18H,10-11H2,1-3H3. The SMILES string of the molecule is Cc1ccc2cc(C(C)(C)CNCO)ccc2c1. The number of benzene rings is 2. The van der Waals surface area contributed by atoms with Gasteiger partial charge in [-0.2, -0.15) is 0 Å². The molecule has 2 aromatic rings. The van der Waals surface area contributed by atoms with Crippen molar-refractivity contribution in [3.8, 4) is 0 Å². The van der Waals surface area contributed by atoms with E-state index >= 15 is 0 Å². The number of fused-ring (bicyclic) bond motifs is 1.